The Morgan fingerprint density at radius 3 is 3.07 bits per heavy atom. The Hall–Kier alpha value is -2.02. The van der Waals surface area contributed by atoms with Crippen LogP contribution in [0.3, 0.4) is 0 Å². The molecule has 1 aliphatic rings. The van der Waals surface area contributed by atoms with Gasteiger partial charge in [-0.15, -0.1) is 0 Å². The smallest absolute Gasteiger partial charge is 0.182 e. The highest BCUT2D eigenvalue weighted by atomic mass is 16.5. The van der Waals surface area contributed by atoms with Crippen molar-refractivity contribution in [2.45, 2.75) is 18.9 Å². The van der Waals surface area contributed by atoms with Gasteiger partial charge >= 0.3 is 0 Å². The molecule has 1 aromatic rings. The van der Waals surface area contributed by atoms with Crippen molar-refractivity contribution in [2.24, 2.45) is 0 Å². The highest BCUT2D eigenvalue weighted by Gasteiger charge is 2.24. The molecule has 1 fully saturated rings. The van der Waals surface area contributed by atoms with Gasteiger partial charge in [-0.3, -0.25) is 5.32 Å². The first kappa shape index (κ1) is 9.53. The van der Waals surface area contributed by atoms with Crippen LogP contribution in [0.25, 0.3) is 6.08 Å². The molecule has 0 aliphatic heterocycles. The third-order valence-corrected chi connectivity index (χ3v) is 2.15. The van der Waals surface area contributed by atoms with Crippen molar-refractivity contribution in [1.29, 1.82) is 5.26 Å². The van der Waals surface area contributed by atoms with E-state index in [1.807, 2.05) is 6.19 Å². The van der Waals surface area contributed by atoms with E-state index in [1.54, 1.807) is 18.3 Å². The van der Waals surface area contributed by atoms with Crippen molar-refractivity contribution < 1.29 is 4.74 Å². The van der Waals surface area contributed by atoms with Crippen molar-refractivity contribution in [3.05, 3.63) is 24.4 Å². The minimum Gasteiger partial charge on any atom is -0.490 e. The molecule has 1 N–H and O–H groups in total. The Bertz CT molecular complexity index is 418. The molecule has 0 spiro atoms. The lowest BCUT2D eigenvalue weighted by Gasteiger charge is -2.10. The summed E-state index contributed by atoms with van der Waals surface area (Å²) in [5.74, 6) is 1.23. The molecule has 1 aliphatic carbocycles. The van der Waals surface area contributed by atoms with Gasteiger partial charge in [0.05, 0.1) is 11.7 Å². The van der Waals surface area contributed by atoms with E-state index in [2.05, 4.69) is 16.9 Å². The number of hydrogen-bond donors (Lipinski definition) is 1. The maximum absolute atomic E-state index is 8.55. The van der Waals surface area contributed by atoms with Gasteiger partial charge in [0.15, 0.2) is 6.19 Å². The quantitative estimate of drug-likeness (QED) is 0.599. The summed E-state index contributed by atoms with van der Waals surface area (Å²) in [6.07, 6.45) is 7.61. The molecule has 1 aromatic heterocycles. The van der Waals surface area contributed by atoms with E-state index >= 15 is 0 Å². The van der Waals surface area contributed by atoms with Gasteiger partial charge in [0.1, 0.15) is 11.6 Å². The molecule has 0 unspecified atom stereocenters. The zero-order valence-electron chi connectivity index (χ0n) is 8.23. The van der Waals surface area contributed by atoms with Gasteiger partial charge in [-0.2, -0.15) is 5.26 Å². The van der Waals surface area contributed by atoms with Gasteiger partial charge in [0.25, 0.3) is 0 Å². The number of nitrogens with one attached hydrogen (secondary N) is 1. The van der Waals surface area contributed by atoms with E-state index in [1.165, 1.54) is 0 Å². The standard InChI is InChI=1S/C11H11N3O/c1-2-9-10(15-8-3-4-8)5-6-13-11(9)14-7-12/h2,5-6,8H,1,3-4H2,(H,13,14). The Morgan fingerprint density at radius 2 is 2.47 bits per heavy atom. The third kappa shape index (κ3) is 2.08. The van der Waals surface area contributed by atoms with Gasteiger partial charge in [0.2, 0.25) is 0 Å². The highest BCUT2D eigenvalue weighted by molar-refractivity contribution is 5.68. The second-order valence-corrected chi connectivity index (χ2v) is 3.33. The second-order valence-electron chi connectivity index (χ2n) is 3.33. The van der Waals surface area contributed by atoms with Gasteiger partial charge in [-0.05, 0) is 18.9 Å². The topological polar surface area (TPSA) is 57.9 Å². The first-order valence-electron chi connectivity index (χ1n) is 4.78. The van der Waals surface area contributed by atoms with E-state index in [4.69, 9.17) is 10.00 Å². The molecule has 0 amide bonds. The van der Waals surface area contributed by atoms with Crippen LogP contribution < -0.4 is 10.1 Å². The monoisotopic (exact) mass is 201 g/mol. The number of ether oxygens (including phenoxy) is 1. The van der Waals surface area contributed by atoms with E-state index in [9.17, 15) is 0 Å². The molecule has 0 bridgehead atoms. The predicted octanol–water partition coefficient (Wildman–Crippen LogP) is 2.16. The van der Waals surface area contributed by atoms with Gasteiger partial charge in [-0.25, -0.2) is 4.98 Å². The van der Waals surface area contributed by atoms with Gasteiger partial charge < -0.3 is 4.74 Å². The molecule has 15 heavy (non-hydrogen) atoms. The van der Waals surface area contributed by atoms with Crippen LogP contribution in [0.1, 0.15) is 18.4 Å². The van der Waals surface area contributed by atoms with Crippen molar-refractivity contribution in [1.82, 2.24) is 4.98 Å². The zero-order valence-corrected chi connectivity index (χ0v) is 8.23. The summed E-state index contributed by atoms with van der Waals surface area (Å²) in [6, 6.07) is 1.79. The lowest BCUT2D eigenvalue weighted by atomic mass is 10.2. The van der Waals surface area contributed by atoms with Gasteiger partial charge in [0, 0.05) is 6.20 Å². The van der Waals surface area contributed by atoms with Crippen LogP contribution in [0.5, 0.6) is 5.75 Å². The van der Waals surface area contributed by atoms with Crippen molar-refractivity contribution in [3.63, 3.8) is 0 Å². The number of hydrogen-bond acceptors (Lipinski definition) is 4. The van der Waals surface area contributed by atoms with Crippen LogP contribution in [0, 0.1) is 11.5 Å². The van der Waals surface area contributed by atoms with Crippen LogP contribution in [0.4, 0.5) is 5.82 Å². The molecule has 0 saturated heterocycles. The van der Waals surface area contributed by atoms with Gasteiger partial charge in [-0.1, -0.05) is 12.7 Å². The average molecular weight is 201 g/mol. The number of nitriles is 1. The fraction of sp³-hybridized carbons (Fsp3) is 0.273. The Kier molecular flexibility index (Phi) is 2.55. The lowest BCUT2D eigenvalue weighted by molar-refractivity contribution is 0.302. The summed E-state index contributed by atoms with van der Waals surface area (Å²) >= 11 is 0. The number of rotatable bonds is 4. The number of nitrogens with zero attached hydrogens (tertiary/aromatic N) is 2. The molecule has 4 heteroatoms. The normalized spacial score (nSPS) is 14.1. The van der Waals surface area contributed by atoms with E-state index in [0.717, 1.165) is 24.2 Å². The van der Waals surface area contributed by atoms with E-state index in [-0.39, 0.29) is 0 Å². The Balaban J connectivity index is 2.31. The molecule has 1 saturated carbocycles. The molecule has 0 atom stereocenters. The summed E-state index contributed by atoms with van der Waals surface area (Å²) in [5.41, 5.74) is 0.742. The SMILES string of the molecule is C=Cc1c(OC2CC2)ccnc1NC#N. The molecular formula is C11H11N3O. The summed E-state index contributed by atoms with van der Waals surface area (Å²) in [7, 11) is 0. The minimum atomic E-state index is 0.320. The maximum atomic E-state index is 8.55. The van der Waals surface area contributed by atoms with Crippen LogP contribution >= 0.6 is 0 Å². The summed E-state index contributed by atoms with van der Waals surface area (Å²) in [5, 5.41) is 11.1. The van der Waals surface area contributed by atoms with Crippen LogP contribution in [-0.2, 0) is 0 Å². The number of pyridine rings is 1. The largest absolute Gasteiger partial charge is 0.490 e. The van der Waals surface area contributed by atoms with Crippen molar-refractivity contribution >= 4 is 11.9 Å². The first-order valence-corrected chi connectivity index (χ1v) is 4.78. The van der Waals surface area contributed by atoms with Crippen LogP contribution in [-0.4, -0.2) is 11.1 Å². The molecule has 0 aromatic carbocycles. The predicted molar refractivity (Wildman–Crippen MR) is 57.2 cm³/mol. The highest BCUT2D eigenvalue weighted by Crippen LogP contribution is 2.31. The number of anilines is 1. The lowest BCUT2D eigenvalue weighted by Crippen LogP contribution is -2.01. The fourth-order valence-corrected chi connectivity index (χ4v) is 1.27. The zero-order chi connectivity index (χ0) is 10.7. The molecule has 76 valence electrons. The summed E-state index contributed by atoms with van der Waals surface area (Å²) in [4.78, 5) is 4.04. The van der Waals surface area contributed by atoms with Crippen LogP contribution in [0.15, 0.2) is 18.8 Å². The summed E-state index contributed by atoms with van der Waals surface area (Å²) < 4.78 is 5.67. The van der Waals surface area contributed by atoms with Crippen molar-refractivity contribution in [3.8, 4) is 11.9 Å². The van der Waals surface area contributed by atoms with E-state index in [0.29, 0.717) is 11.9 Å². The average Bonchev–Trinajstić information content (AvgIpc) is 3.03. The van der Waals surface area contributed by atoms with E-state index < -0.39 is 0 Å². The Morgan fingerprint density at radius 1 is 1.67 bits per heavy atom. The maximum Gasteiger partial charge on any atom is 0.182 e. The molecule has 0 radical (unpaired) electrons. The molecule has 2 rings (SSSR count). The second kappa shape index (κ2) is 4.01. The first-order chi connectivity index (χ1) is 7.35. The Labute approximate surface area is 88.2 Å². The molecular weight excluding hydrogens is 190 g/mol. The number of aromatic nitrogens is 1. The fourth-order valence-electron chi connectivity index (χ4n) is 1.27. The summed E-state index contributed by atoms with van der Waals surface area (Å²) in [6.45, 7) is 3.69. The molecule has 1 heterocycles. The minimum absolute atomic E-state index is 0.320. The molecule has 4 nitrogen and oxygen atoms in total. The van der Waals surface area contributed by atoms with Crippen LogP contribution in [0.2, 0.25) is 0 Å². The third-order valence-electron chi connectivity index (χ3n) is 2.15. The van der Waals surface area contributed by atoms with Crippen molar-refractivity contribution in [2.75, 3.05) is 5.32 Å².